The molecule has 2 aromatic rings. The first-order chi connectivity index (χ1) is 12.9. The van der Waals surface area contributed by atoms with Crippen molar-refractivity contribution >= 4 is 18.1 Å². The Kier molecular flexibility index (Phi) is 4.86. The average molecular weight is 393 g/mol. The Bertz CT molecular complexity index is 927. The van der Waals surface area contributed by atoms with Gasteiger partial charge in [-0.3, -0.25) is 4.79 Å². The number of hydrogen-bond donors (Lipinski definition) is 0. The summed E-state index contributed by atoms with van der Waals surface area (Å²) in [5, 5.41) is 0. The van der Waals surface area contributed by atoms with Crippen LogP contribution in [0.4, 0.5) is 8.78 Å². The number of aromatic nitrogens is 2. The molecule has 0 radical (unpaired) electrons. The molecule has 5 nitrogen and oxygen atoms in total. The van der Waals surface area contributed by atoms with Gasteiger partial charge in [0.15, 0.2) is 4.77 Å². The molecule has 8 heteroatoms. The second kappa shape index (κ2) is 7.16. The average Bonchev–Trinajstić information content (AvgIpc) is 3.17. The van der Waals surface area contributed by atoms with Gasteiger partial charge < -0.3 is 18.8 Å². The number of morpholine rings is 1. The van der Waals surface area contributed by atoms with Crippen molar-refractivity contribution in [3.05, 3.63) is 51.6 Å². The number of rotatable bonds is 3. The number of hydrogen-bond acceptors (Lipinski definition) is 3. The largest absolute Gasteiger partial charge is 0.378 e. The van der Waals surface area contributed by atoms with E-state index in [1.807, 2.05) is 21.1 Å². The van der Waals surface area contributed by atoms with Crippen molar-refractivity contribution < 1.29 is 18.3 Å². The number of amides is 1. The van der Waals surface area contributed by atoms with E-state index in [0.29, 0.717) is 49.6 Å². The summed E-state index contributed by atoms with van der Waals surface area (Å²) in [4.78, 5) is 14.5. The molecule has 1 fully saturated rings. The van der Waals surface area contributed by atoms with Crippen LogP contribution in [0.1, 0.15) is 22.9 Å². The van der Waals surface area contributed by atoms with E-state index in [-0.39, 0.29) is 18.2 Å². The number of fused-ring (bicyclic) bond motifs is 1. The molecular weight excluding hydrogens is 372 g/mol. The first-order valence-corrected chi connectivity index (χ1v) is 9.43. The lowest BCUT2D eigenvalue weighted by Crippen LogP contribution is -2.41. The van der Waals surface area contributed by atoms with Crippen molar-refractivity contribution in [1.82, 2.24) is 14.0 Å². The van der Waals surface area contributed by atoms with Gasteiger partial charge in [-0.1, -0.05) is 0 Å². The fourth-order valence-electron chi connectivity index (χ4n) is 4.02. The van der Waals surface area contributed by atoms with Crippen molar-refractivity contribution in [2.75, 3.05) is 26.3 Å². The number of nitrogens with zero attached hydrogens (tertiary/aromatic N) is 3. The molecule has 0 unspecified atom stereocenters. The Morgan fingerprint density at radius 2 is 1.89 bits per heavy atom. The van der Waals surface area contributed by atoms with Crippen molar-refractivity contribution in [1.29, 1.82) is 0 Å². The molecule has 1 aromatic heterocycles. The summed E-state index contributed by atoms with van der Waals surface area (Å²) < 4.78 is 37.0. The first-order valence-electron chi connectivity index (χ1n) is 9.03. The Labute approximate surface area is 161 Å². The number of ether oxygens (including phenoxy) is 1. The lowest BCUT2D eigenvalue weighted by molar-refractivity contribution is -0.134. The molecular formula is C19H21F2N3O2S. The minimum Gasteiger partial charge on any atom is -0.378 e. The lowest BCUT2D eigenvalue weighted by atomic mass is 9.96. The van der Waals surface area contributed by atoms with Crippen LogP contribution in [0.25, 0.3) is 0 Å². The van der Waals surface area contributed by atoms with Crippen LogP contribution in [-0.4, -0.2) is 46.2 Å². The minimum atomic E-state index is -0.576. The zero-order chi connectivity index (χ0) is 19.1. The van der Waals surface area contributed by atoms with Crippen molar-refractivity contribution in [3.8, 4) is 0 Å². The van der Waals surface area contributed by atoms with E-state index in [1.54, 1.807) is 0 Å². The zero-order valence-electron chi connectivity index (χ0n) is 15.1. The minimum absolute atomic E-state index is 0.0506. The predicted octanol–water partition coefficient (Wildman–Crippen LogP) is 2.58. The van der Waals surface area contributed by atoms with Gasteiger partial charge in [-0.15, -0.1) is 0 Å². The summed E-state index contributed by atoms with van der Waals surface area (Å²) in [6.07, 6.45) is 0.881. The Morgan fingerprint density at radius 3 is 2.56 bits per heavy atom. The van der Waals surface area contributed by atoms with Gasteiger partial charge in [0.25, 0.3) is 0 Å². The van der Waals surface area contributed by atoms with Crippen LogP contribution in [0.5, 0.6) is 0 Å². The predicted molar refractivity (Wildman–Crippen MR) is 98.1 cm³/mol. The van der Waals surface area contributed by atoms with Gasteiger partial charge in [-0.2, -0.15) is 0 Å². The summed E-state index contributed by atoms with van der Waals surface area (Å²) in [6.45, 7) is 2.89. The molecule has 3 heterocycles. The van der Waals surface area contributed by atoms with Gasteiger partial charge >= 0.3 is 0 Å². The Morgan fingerprint density at radius 1 is 1.22 bits per heavy atom. The van der Waals surface area contributed by atoms with Gasteiger partial charge in [0.05, 0.1) is 19.6 Å². The maximum absolute atomic E-state index is 13.6. The quantitative estimate of drug-likeness (QED) is 0.753. The fourth-order valence-corrected chi connectivity index (χ4v) is 4.31. The third-order valence-electron chi connectivity index (χ3n) is 5.46. The molecule has 1 atom stereocenters. The maximum Gasteiger partial charge on any atom is 0.228 e. The second-order valence-corrected chi connectivity index (χ2v) is 7.48. The highest BCUT2D eigenvalue weighted by atomic mass is 32.1. The summed E-state index contributed by atoms with van der Waals surface area (Å²) in [5.74, 6) is -1.15. The highest BCUT2D eigenvalue weighted by molar-refractivity contribution is 7.71. The van der Waals surface area contributed by atoms with Crippen molar-refractivity contribution in [3.63, 3.8) is 0 Å². The molecule has 0 aliphatic carbocycles. The first kappa shape index (κ1) is 18.3. The van der Waals surface area contributed by atoms with Crippen LogP contribution in [0, 0.1) is 16.4 Å². The zero-order valence-corrected chi connectivity index (χ0v) is 15.9. The van der Waals surface area contributed by atoms with Crippen LogP contribution < -0.4 is 0 Å². The molecule has 27 heavy (non-hydrogen) atoms. The molecule has 1 saturated heterocycles. The smallest absolute Gasteiger partial charge is 0.228 e. The van der Waals surface area contributed by atoms with Gasteiger partial charge in [0.1, 0.15) is 11.6 Å². The molecule has 0 spiro atoms. The molecule has 0 N–H and O–H groups in total. The van der Waals surface area contributed by atoms with Gasteiger partial charge in [-0.25, -0.2) is 8.78 Å². The molecule has 2 aliphatic heterocycles. The molecule has 0 bridgehead atoms. The van der Waals surface area contributed by atoms with E-state index >= 15 is 0 Å². The monoisotopic (exact) mass is 393 g/mol. The maximum atomic E-state index is 13.6. The molecule has 1 amide bonds. The van der Waals surface area contributed by atoms with E-state index in [0.717, 1.165) is 17.5 Å². The third kappa shape index (κ3) is 3.43. The van der Waals surface area contributed by atoms with Crippen LogP contribution in [0.2, 0.25) is 0 Å². The van der Waals surface area contributed by atoms with Crippen LogP contribution in [0.15, 0.2) is 18.2 Å². The number of carbonyl (C=O) groups is 1. The third-order valence-corrected chi connectivity index (χ3v) is 5.96. The molecule has 2 aliphatic rings. The Balaban J connectivity index is 1.59. The number of halogens is 2. The fraction of sp³-hybridized carbons (Fsp3) is 0.474. The molecule has 4 rings (SSSR count). The highest BCUT2D eigenvalue weighted by Crippen LogP contribution is 2.33. The molecule has 1 aromatic carbocycles. The van der Waals surface area contributed by atoms with E-state index in [4.69, 9.17) is 17.0 Å². The van der Waals surface area contributed by atoms with Crippen LogP contribution >= 0.6 is 12.2 Å². The standard InChI is InChI=1S/C19H21F2N3O2S/c1-22-16(10-18(25)23-2-4-26-5-3-23)17-8-13(11-24(17)19(22)27)12-6-14(20)9-15(21)7-12/h6-7,9,13H,2-5,8,10-11H2,1H3/t13-/m1/s1. The summed E-state index contributed by atoms with van der Waals surface area (Å²) >= 11 is 5.54. The summed E-state index contributed by atoms with van der Waals surface area (Å²) in [7, 11) is 1.87. The van der Waals surface area contributed by atoms with Crippen molar-refractivity contribution in [2.45, 2.75) is 25.3 Å². The SMILES string of the molecule is Cn1c(CC(=O)N2CCOCC2)c2n(c1=S)C[C@H](c1cc(F)cc(F)c1)C2. The van der Waals surface area contributed by atoms with Gasteiger partial charge in [0.2, 0.25) is 5.91 Å². The highest BCUT2D eigenvalue weighted by Gasteiger charge is 2.30. The van der Waals surface area contributed by atoms with Crippen LogP contribution in [-0.2, 0) is 36.0 Å². The Hall–Kier alpha value is -2.06. The van der Waals surface area contributed by atoms with E-state index in [2.05, 4.69) is 0 Å². The van der Waals surface area contributed by atoms with Crippen LogP contribution in [0.3, 0.4) is 0 Å². The molecule has 144 valence electrons. The summed E-state index contributed by atoms with van der Waals surface area (Å²) in [6, 6.07) is 3.63. The number of benzene rings is 1. The lowest BCUT2D eigenvalue weighted by Gasteiger charge is -2.27. The second-order valence-electron chi connectivity index (χ2n) is 7.12. The summed E-state index contributed by atoms with van der Waals surface area (Å²) in [5.41, 5.74) is 2.49. The van der Waals surface area contributed by atoms with Gasteiger partial charge in [0, 0.05) is 50.1 Å². The van der Waals surface area contributed by atoms with E-state index < -0.39 is 11.6 Å². The normalized spacial score (nSPS) is 19.4. The molecule has 0 saturated carbocycles. The van der Waals surface area contributed by atoms with E-state index in [1.165, 1.54) is 12.1 Å². The number of imidazole rings is 1. The van der Waals surface area contributed by atoms with E-state index in [9.17, 15) is 13.6 Å². The van der Waals surface area contributed by atoms with Gasteiger partial charge in [-0.05, 0) is 36.3 Å². The number of carbonyl (C=O) groups excluding carboxylic acids is 1. The topological polar surface area (TPSA) is 39.4 Å². The van der Waals surface area contributed by atoms with Crippen molar-refractivity contribution in [2.24, 2.45) is 7.05 Å².